The Balaban J connectivity index is 2.61. The summed E-state index contributed by atoms with van der Waals surface area (Å²) in [5.74, 6) is 0.0417. The van der Waals surface area contributed by atoms with Crippen LogP contribution in [0.15, 0.2) is 41.4 Å². The lowest BCUT2D eigenvalue weighted by molar-refractivity contribution is 0.101. The van der Waals surface area contributed by atoms with Crippen LogP contribution in [0.2, 0.25) is 0 Å². The number of ketones is 1. The van der Waals surface area contributed by atoms with Crippen LogP contribution in [-0.2, 0) is 0 Å². The number of benzene rings is 1. The molecule has 15 heavy (non-hydrogen) atoms. The highest BCUT2D eigenvalue weighted by molar-refractivity contribution is 9.10. The van der Waals surface area contributed by atoms with Crippen LogP contribution >= 0.6 is 15.9 Å². The first-order valence-electron chi connectivity index (χ1n) is 4.47. The lowest BCUT2D eigenvalue weighted by atomic mass is 10.1. The van der Waals surface area contributed by atoms with Gasteiger partial charge in [0.15, 0.2) is 5.78 Å². The van der Waals surface area contributed by atoms with Crippen molar-refractivity contribution in [2.45, 2.75) is 6.92 Å². The van der Waals surface area contributed by atoms with Crippen molar-refractivity contribution in [3.63, 3.8) is 0 Å². The largest absolute Gasteiger partial charge is 0.306 e. The Kier molecular flexibility index (Phi) is 2.68. The predicted molar refractivity (Wildman–Crippen MR) is 61.3 cm³/mol. The zero-order valence-corrected chi connectivity index (χ0v) is 9.73. The molecule has 0 radical (unpaired) electrons. The topological polar surface area (TPSA) is 34.9 Å². The third-order valence-corrected chi connectivity index (χ3v) is 2.61. The van der Waals surface area contributed by atoms with Gasteiger partial charge in [0, 0.05) is 22.4 Å². The maximum atomic E-state index is 11.5. The molecule has 0 unspecified atom stereocenters. The van der Waals surface area contributed by atoms with Gasteiger partial charge in [-0.1, -0.05) is 15.9 Å². The SMILES string of the molecule is CC(=O)c1cc(Br)ccc1-n1ccnc1. The molecule has 3 nitrogen and oxygen atoms in total. The van der Waals surface area contributed by atoms with E-state index in [1.807, 2.05) is 29.0 Å². The zero-order valence-electron chi connectivity index (χ0n) is 8.14. The van der Waals surface area contributed by atoms with E-state index in [9.17, 15) is 4.79 Å². The number of hydrogen-bond acceptors (Lipinski definition) is 2. The number of imidazole rings is 1. The van der Waals surface area contributed by atoms with Gasteiger partial charge >= 0.3 is 0 Å². The summed E-state index contributed by atoms with van der Waals surface area (Å²) in [5, 5.41) is 0. The third kappa shape index (κ3) is 1.99. The number of carbonyl (C=O) groups excluding carboxylic acids is 1. The van der Waals surface area contributed by atoms with E-state index in [4.69, 9.17) is 0 Å². The summed E-state index contributed by atoms with van der Waals surface area (Å²) in [5.41, 5.74) is 1.53. The van der Waals surface area contributed by atoms with Crippen molar-refractivity contribution in [1.29, 1.82) is 0 Å². The molecule has 0 aliphatic heterocycles. The van der Waals surface area contributed by atoms with E-state index in [2.05, 4.69) is 20.9 Å². The second kappa shape index (κ2) is 3.98. The minimum atomic E-state index is 0.0417. The average molecular weight is 265 g/mol. The van der Waals surface area contributed by atoms with E-state index in [1.165, 1.54) is 0 Å². The van der Waals surface area contributed by atoms with Gasteiger partial charge in [0.1, 0.15) is 0 Å². The second-order valence-corrected chi connectivity index (χ2v) is 4.10. The highest BCUT2D eigenvalue weighted by atomic mass is 79.9. The Bertz CT molecular complexity index is 491. The fraction of sp³-hybridized carbons (Fsp3) is 0.0909. The predicted octanol–water partition coefficient (Wildman–Crippen LogP) is 2.84. The number of carbonyl (C=O) groups is 1. The monoisotopic (exact) mass is 264 g/mol. The fourth-order valence-electron chi connectivity index (χ4n) is 1.42. The summed E-state index contributed by atoms with van der Waals surface area (Å²) in [7, 11) is 0. The second-order valence-electron chi connectivity index (χ2n) is 3.19. The molecule has 2 aromatic rings. The van der Waals surface area contributed by atoms with Crippen molar-refractivity contribution >= 4 is 21.7 Å². The van der Waals surface area contributed by atoms with Gasteiger partial charge in [-0.25, -0.2) is 4.98 Å². The van der Waals surface area contributed by atoms with E-state index < -0.39 is 0 Å². The molecule has 0 bridgehead atoms. The molecular weight excluding hydrogens is 256 g/mol. The number of Topliss-reactive ketones (excluding diaryl/α,β-unsaturated/α-hetero) is 1. The third-order valence-electron chi connectivity index (χ3n) is 2.12. The summed E-state index contributed by atoms with van der Waals surface area (Å²) in [6, 6.07) is 5.61. The maximum Gasteiger partial charge on any atom is 0.161 e. The van der Waals surface area contributed by atoms with Crippen molar-refractivity contribution in [3.05, 3.63) is 47.0 Å². The Hall–Kier alpha value is -1.42. The summed E-state index contributed by atoms with van der Waals surface area (Å²) in [4.78, 5) is 15.4. The Morgan fingerprint density at radius 1 is 1.47 bits per heavy atom. The van der Waals surface area contributed by atoms with Crippen LogP contribution in [-0.4, -0.2) is 15.3 Å². The van der Waals surface area contributed by atoms with Gasteiger partial charge in [-0.2, -0.15) is 0 Å². The van der Waals surface area contributed by atoms with Gasteiger partial charge in [0.2, 0.25) is 0 Å². The van der Waals surface area contributed by atoms with E-state index in [0.29, 0.717) is 5.56 Å². The molecule has 0 saturated carbocycles. The summed E-state index contributed by atoms with van der Waals surface area (Å²) >= 11 is 3.35. The van der Waals surface area contributed by atoms with E-state index >= 15 is 0 Å². The van der Waals surface area contributed by atoms with Gasteiger partial charge < -0.3 is 4.57 Å². The summed E-state index contributed by atoms with van der Waals surface area (Å²) in [6.45, 7) is 1.56. The van der Waals surface area contributed by atoms with Crippen LogP contribution in [0.4, 0.5) is 0 Å². The summed E-state index contributed by atoms with van der Waals surface area (Å²) < 4.78 is 2.72. The Morgan fingerprint density at radius 2 is 2.27 bits per heavy atom. The molecule has 0 atom stereocenters. The van der Waals surface area contributed by atoms with Crippen molar-refractivity contribution in [3.8, 4) is 5.69 Å². The van der Waals surface area contributed by atoms with Crippen molar-refractivity contribution in [2.24, 2.45) is 0 Å². The van der Waals surface area contributed by atoms with Crippen LogP contribution in [0.5, 0.6) is 0 Å². The molecule has 1 heterocycles. The fourth-order valence-corrected chi connectivity index (χ4v) is 1.78. The van der Waals surface area contributed by atoms with Gasteiger partial charge in [0.25, 0.3) is 0 Å². The lowest BCUT2D eigenvalue weighted by Crippen LogP contribution is -2.01. The molecule has 2 rings (SSSR count). The van der Waals surface area contributed by atoms with Crippen molar-refractivity contribution < 1.29 is 4.79 Å². The smallest absolute Gasteiger partial charge is 0.161 e. The first-order valence-corrected chi connectivity index (χ1v) is 5.26. The molecule has 1 aromatic heterocycles. The molecule has 0 aliphatic rings. The molecule has 0 fully saturated rings. The Morgan fingerprint density at radius 3 is 2.87 bits per heavy atom. The van der Waals surface area contributed by atoms with Crippen molar-refractivity contribution in [2.75, 3.05) is 0 Å². The molecule has 0 saturated heterocycles. The first kappa shape index (κ1) is 10.1. The number of nitrogens with zero attached hydrogens (tertiary/aromatic N) is 2. The number of halogens is 1. The molecule has 4 heteroatoms. The van der Waals surface area contributed by atoms with Gasteiger partial charge in [-0.05, 0) is 25.1 Å². The molecule has 0 N–H and O–H groups in total. The number of aromatic nitrogens is 2. The van der Waals surface area contributed by atoms with E-state index in [1.54, 1.807) is 19.4 Å². The van der Waals surface area contributed by atoms with Crippen LogP contribution in [0, 0.1) is 0 Å². The summed E-state index contributed by atoms with van der Waals surface area (Å²) in [6.07, 6.45) is 5.18. The number of hydrogen-bond donors (Lipinski definition) is 0. The quantitative estimate of drug-likeness (QED) is 0.782. The van der Waals surface area contributed by atoms with E-state index in [-0.39, 0.29) is 5.78 Å². The van der Waals surface area contributed by atoms with Crippen LogP contribution in [0.25, 0.3) is 5.69 Å². The standard InChI is InChI=1S/C11H9BrN2O/c1-8(15)10-6-9(12)2-3-11(10)14-5-4-13-7-14/h2-7H,1H3. The highest BCUT2D eigenvalue weighted by Crippen LogP contribution is 2.20. The van der Waals surface area contributed by atoms with Crippen LogP contribution in [0.3, 0.4) is 0 Å². The van der Waals surface area contributed by atoms with Crippen molar-refractivity contribution in [1.82, 2.24) is 9.55 Å². The molecule has 1 aromatic carbocycles. The molecule has 76 valence electrons. The van der Waals surface area contributed by atoms with Crippen LogP contribution in [0.1, 0.15) is 17.3 Å². The van der Waals surface area contributed by atoms with Gasteiger partial charge in [-0.3, -0.25) is 4.79 Å². The zero-order chi connectivity index (χ0) is 10.8. The van der Waals surface area contributed by atoms with E-state index in [0.717, 1.165) is 10.2 Å². The minimum Gasteiger partial charge on any atom is -0.306 e. The average Bonchev–Trinajstić information content (AvgIpc) is 2.70. The highest BCUT2D eigenvalue weighted by Gasteiger charge is 2.08. The van der Waals surface area contributed by atoms with Gasteiger partial charge in [-0.15, -0.1) is 0 Å². The molecule has 0 spiro atoms. The first-order chi connectivity index (χ1) is 7.18. The molecule has 0 aliphatic carbocycles. The van der Waals surface area contributed by atoms with Crippen LogP contribution < -0.4 is 0 Å². The Labute approximate surface area is 95.9 Å². The van der Waals surface area contributed by atoms with Gasteiger partial charge in [0.05, 0.1) is 12.0 Å². The molecule has 0 amide bonds. The minimum absolute atomic E-state index is 0.0417. The lowest BCUT2D eigenvalue weighted by Gasteiger charge is -2.07. The number of rotatable bonds is 2. The molecular formula is C11H9BrN2O. The normalized spacial score (nSPS) is 10.3. The maximum absolute atomic E-state index is 11.5.